The first-order valence-corrected chi connectivity index (χ1v) is 6.64. The van der Waals surface area contributed by atoms with E-state index in [1.807, 2.05) is 0 Å². The minimum atomic E-state index is -0.634. The van der Waals surface area contributed by atoms with Gasteiger partial charge in [-0.15, -0.1) is 0 Å². The van der Waals surface area contributed by atoms with E-state index in [1.54, 1.807) is 26.8 Å². The van der Waals surface area contributed by atoms with Crippen LogP contribution in [0.4, 0.5) is 10.5 Å². The highest BCUT2D eigenvalue weighted by Gasteiger charge is 2.24. The molecule has 1 aromatic carbocycles. The smallest absolute Gasteiger partial charge is 0.412 e. The van der Waals surface area contributed by atoms with E-state index in [0.717, 1.165) is 30.4 Å². The summed E-state index contributed by atoms with van der Waals surface area (Å²) in [6.45, 7) is 5.29. The van der Waals surface area contributed by atoms with Crippen LogP contribution in [-0.4, -0.2) is 23.1 Å². The number of hydrogen-bond acceptors (Lipinski definition) is 4. The maximum atomic E-state index is 11.8. The molecule has 108 valence electrons. The molecule has 0 fully saturated rings. The topological polar surface area (TPSA) is 75.6 Å². The molecule has 2 N–H and O–H groups in total. The molecule has 0 spiro atoms. The molecule has 1 aliphatic rings. The highest BCUT2D eigenvalue weighted by Crippen LogP contribution is 2.38. The third-order valence-electron chi connectivity index (χ3n) is 3.16. The van der Waals surface area contributed by atoms with Gasteiger partial charge in [-0.3, -0.25) is 10.1 Å². The van der Waals surface area contributed by atoms with E-state index in [2.05, 4.69) is 5.32 Å². The monoisotopic (exact) mass is 277 g/mol. The number of hydrogen-bond donors (Lipinski definition) is 2. The summed E-state index contributed by atoms with van der Waals surface area (Å²) >= 11 is 0. The Balaban J connectivity index is 2.34. The lowest BCUT2D eigenvalue weighted by molar-refractivity contribution is 0.0635. The maximum Gasteiger partial charge on any atom is 0.412 e. The van der Waals surface area contributed by atoms with E-state index < -0.39 is 11.7 Å². The zero-order valence-corrected chi connectivity index (χ0v) is 11.9. The van der Waals surface area contributed by atoms with Gasteiger partial charge in [-0.2, -0.15) is 0 Å². The van der Waals surface area contributed by atoms with Crippen molar-refractivity contribution in [2.24, 2.45) is 0 Å². The summed E-state index contributed by atoms with van der Waals surface area (Å²) in [6, 6.07) is 1.69. The number of ether oxygens (including phenoxy) is 1. The van der Waals surface area contributed by atoms with Crippen LogP contribution in [0.1, 0.15) is 48.7 Å². The summed E-state index contributed by atoms with van der Waals surface area (Å²) in [7, 11) is 0. The third kappa shape index (κ3) is 2.92. The number of carbonyl (C=O) groups is 2. The van der Waals surface area contributed by atoms with Crippen molar-refractivity contribution in [3.8, 4) is 5.75 Å². The Morgan fingerprint density at radius 1 is 1.40 bits per heavy atom. The zero-order chi connectivity index (χ0) is 14.9. The Kier molecular flexibility index (Phi) is 3.70. The number of rotatable bonds is 2. The van der Waals surface area contributed by atoms with Crippen LogP contribution in [0.2, 0.25) is 0 Å². The molecular formula is C15H19NO4. The molecule has 1 amide bonds. The van der Waals surface area contributed by atoms with Crippen molar-refractivity contribution in [3.63, 3.8) is 0 Å². The van der Waals surface area contributed by atoms with Crippen LogP contribution < -0.4 is 5.32 Å². The van der Waals surface area contributed by atoms with Crippen LogP contribution in [0, 0.1) is 0 Å². The number of amides is 1. The van der Waals surface area contributed by atoms with Gasteiger partial charge >= 0.3 is 6.09 Å². The van der Waals surface area contributed by atoms with Crippen LogP contribution in [0.25, 0.3) is 0 Å². The van der Waals surface area contributed by atoms with Crippen LogP contribution in [-0.2, 0) is 17.6 Å². The Morgan fingerprint density at radius 3 is 2.70 bits per heavy atom. The summed E-state index contributed by atoms with van der Waals surface area (Å²) in [5, 5.41) is 12.7. The van der Waals surface area contributed by atoms with E-state index in [9.17, 15) is 14.7 Å². The van der Waals surface area contributed by atoms with Crippen molar-refractivity contribution in [3.05, 3.63) is 22.8 Å². The molecule has 5 nitrogen and oxygen atoms in total. The molecule has 0 aliphatic heterocycles. The number of anilines is 1. The van der Waals surface area contributed by atoms with Gasteiger partial charge in [0.15, 0.2) is 6.29 Å². The second-order valence-electron chi connectivity index (χ2n) is 5.93. The SMILES string of the molecule is CC(C)(C)OC(=O)Nc1c(O)c(C=O)cc2c1CCC2. The summed E-state index contributed by atoms with van der Waals surface area (Å²) in [6.07, 6.45) is 2.52. The van der Waals surface area contributed by atoms with Gasteiger partial charge in [-0.1, -0.05) is 0 Å². The molecule has 0 heterocycles. The van der Waals surface area contributed by atoms with E-state index in [4.69, 9.17) is 4.74 Å². The van der Waals surface area contributed by atoms with Gasteiger partial charge < -0.3 is 9.84 Å². The van der Waals surface area contributed by atoms with Gasteiger partial charge in [-0.05, 0) is 57.2 Å². The average Bonchev–Trinajstić information content (AvgIpc) is 2.78. The predicted molar refractivity (Wildman–Crippen MR) is 75.4 cm³/mol. The molecule has 0 saturated carbocycles. The number of nitrogens with one attached hydrogen (secondary N) is 1. The van der Waals surface area contributed by atoms with Crippen LogP contribution in [0.3, 0.4) is 0 Å². The number of phenolic OH excluding ortho intramolecular Hbond substituents is 1. The van der Waals surface area contributed by atoms with Crippen molar-refractivity contribution < 1.29 is 19.4 Å². The van der Waals surface area contributed by atoms with Crippen molar-refractivity contribution >= 4 is 18.1 Å². The fourth-order valence-corrected chi connectivity index (χ4v) is 2.39. The molecule has 0 bridgehead atoms. The van der Waals surface area contributed by atoms with Crippen molar-refractivity contribution in [1.29, 1.82) is 0 Å². The number of carbonyl (C=O) groups excluding carboxylic acids is 2. The first-order chi connectivity index (χ1) is 9.31. The number of phenols is 1. The lowest BCUT2D eigenvalue weighted by atomic mass is 10.0. The Bertz CT molecular complexity index is 558. The number of aryl methyl sites for hydroxylation is 1. The molecule has 2 rings (SSSR count). The third-order valence-corrected chi connectivity index (χ3v) is 3.16. The van der Waals surface area contributed by atoms with Gasteiger partial charge in [0.25, 0.3) is 0 Å². The summed E-state index contributed by atoms with van der Waals surface area (Å²) in [5.41, 5.74) is 1.76. The van der Waals surface area contributed by atoms with E-state index >= 15 is 0 Å². The quantitative estimate of drug-likeness (QED) is 0.643. The molecule has 20 heavy (non-hydrogen) atoms. The van der Waals surface area contributed by atoms with Gasteiger partial charge in [-0.25, -0.2) is 4.79 Å². The van der Waals surface area contributed by atoms with Crippen molar-refractivity contribution in [2.75, 3.05) is 5.32 Å². The van der Waals surface area contributed by atoms with Crippen LogP contribution in [0.15, 0.2) is 6.07 Å². The van der Waals surface area contributed by atoms with Crippen LogP contribution >= 0.6 is 0 Å². The molecule has 0 saturated heterocycles. The first kappa shape index (κ1) is 14.4. The first-order valence-electron chi connectivity index (χ1n) is 6.64. The van der Waals surface area contributed by atoms with E-state index in [0.29, 0.717) is 12.0 Å². The zero-order valence-electron chi connectivity index (χ0n) is 11.9. The fourth-order valence-electron chi connectivity index (χ4n) is 2.39. The lowest BCUT2D eigenvalue weighted by Gasteiger charge is -2.21. The fraction of sp³-hybridized carbons (Fsp3) is 0.467. The molecule has 1 aliphatic carbocycles. The standard InChI is InChI=1S/C15H19NO4/c1-15(2,3)20-14(19)16-12-11-6-4-5-9(11)7-10(8-17)13(12)18/h7-8,18H,4-6H2,1-3H3,(H,16,19). The number of aldehydes is 1. The van der Waals surface area contributed by atoms with Gasteiger partial charge in [0.2, 0.25) is 0 Å². The predicted octanol–water partition coefficient (Wildman–Crippen LogP) is 3.04. The van der Waals surface area contributed by atoms with Crippen molar-refractivity contribution in [1.82, 2.24) is 0 Å². The lowest BCUT2D eigenvalue weighted by Crippen LogP contribution is -2.27. The molecule has 0 unspecified atom stereocenters. The second kappa shape index (κ2) is 5.15. The van der Waals surface area contributed by atoms with E-state index in [-0.39, 0.29) is 11.3 Å². The Labute approximate surface area is 117 Å². The number of fused-ring (bicyclic) bond motifs is 1. The van der Waals surface area contributed by atoms with Gasteiger partial charge in [0.1, 0.15) is 11.4 Å². The molecule has 5 heteroatoms. The summed E-state index contributed by atoms with van der Waals surface area (Å²) in [5.74, 6) is -0.188. The highest BCUT2D eigenvalue weighted by atomic mass is 16.6. The minimum Gasteiger partial charge on any atom is -0.505 e. The highest BCUT2D eigenvalue weighted by molar-refractivity contribution is 5.93. The number of aromatic hydroxyl groups is 1. The minimum absolute atomic E-state index is 0.188. The Hall–Kier alpha value is -2.04. The van der Waals surface area contributed by atoms with Gasteiger partial charge in [0.05, 0.1) is 11.3 Å². The molecule has 0 atom stereocenters. The van der Waals surface area contributed by atoms with Crippen molar-refractivity contribution in [2.45, 2.75) is 45.6 Å². The maximum absolute atomic E-state index is 11.8. The van der Waals surface area contributed by atoms with Crippen LogP contribution in [0.5, 0.6) is 5.75 Å². The summed E-state index contributed by atoms with van der Waals surface area (Å²) in [4.78, 5) is 22.8. The molecular weight excluding hydrogens is 258 g/mol. The second-order valence-corrected chi connectivity index (χ2v) is 5.93. The molecule has 1 aromatic rings. The average molecular weight is 277 g/mol. The van der Waals surface area contributed by atoms with E-state index in [1.165, 1.54) is 0 Å². The van der Waals surface area contributed by atoms with Gasteiger partial charge in [0, 0.05) is 0 Å². The largest absolute Gasteiger partial charge is 0.505 e. The normalized spacial score (nSPS) is 13.8. The Morgan fingerprint density at radius 2 is 2.10 bits per heavy atom. The molecule has 0 aromatic heterocycles. The summed E-state index contributed by atoms with van der Waals surface area (Å²) < 4.78 is 5.18. The molecule has 0 radical (unpaired) electrons. The number of benzene rings is 1.